The third-order valence-electron chi connectivity index (χ3n) is 3.11. The van der Waals surface area contributed by atoms with Gasteiger partial charge in [-0.3, -0.25) is 4.79 Å². The van der Waals surface area contributed by atoms with Crippen molar-refractivity contribution in [2.75, 3.05) is 6.54 Å². The van der Waals surface area contributed by atoms with E-state index in [0.717, 1.165) is 6.07 Å². The average molecular weight is 241 g/mol. The number of benzene rings is 1. The summed E-state index contributed by atoms with van der Waals surface area (Å²) in [5, 5.41) is 11.9. The predicted octanol–water partition coefficient (Wildman–Crippen LogP) is 2.01. The molecule has 0 radical (unpaired) electrons. The van der Waals surface area contributed by atoms with Crippen LogP contribution in [0.3, 0.4) is 0 Å². The number of carboxylic acids is 1. The normalized spacial score (nSPS) is 23.9. The van der Waals surface area contributed by atoms with Crippen molar-refractivity contribution in [1.29, 1.82) is 0 Å². The predicted molar refractivity (Wildman–Crippen MR) is 57.6 cm³/mol. The van der Waals surface area contributed by atoms with Crippen molar-refractivity contribution in [2.24, 2.45) is 5.92 Å². The first kappa shape index (κ1) is 12.0. The van der Waals surface area contributed by atoms with Crippen molar-refractivity contribution in [3.63, 3.8) is 0 Å². The quantitative estimate of drug-likeness (QED) is 0.832. The van der Waals surface area contributed by atoms with Crippen molar-refractivity contribution < 1.29 is 18.7 Å². The highest BCUT2D eigenvalue weighted by Crippen LogP contribution is 2.29. The van der Waals surface area contributed by atoms with Crippen LogP contribution in [0.15, 0.2) is 12.1 Å². The molecule has 1 aliphatic rings. The molecule has 0 bridgehead atoms. The van der Waals surface area contributed by atoms with Crippen molar-refractivity contribution in [1.82, 2.24) is 5.32 Å². The Morgan fingerprint density at radius 2 is 2.18 bits per heavy atom. The summed E-state index contributed by atoms with van der Waals surface area (Å²) in [6, 6.07) is 2.47. The Morgan fingerprint density at radius 1 is 1.47 bits per heavy atom. The maximum absolute atomic E-state index is 13.2. The van der Waals surface area contributed by atoms with Crippen LogP contribution in [-0.4, -0.2) is 17.6 Å². The summed E-state index contributed by atoms with van der Waals surface area (Å²) in [5.41, 5.74) is 0.839. The molecular weight excluding hydrogens is 228 g/mol. The Balaban J connectivity index is 2.22. The number of hydrogen-bond acceptors (Lipinski definition) is 2. The Labute approximate surface area is 97.5 Å². The maximum atomic E-state index is 13.2. The first-order valence-corrected chi connectivity index (χ1v) is 5.40. The van der Waals surface area contributed by atoms with E-state index >= 15 is 0 Å². The number of hydrogen-bond donors (Lipinski definition) is 2. The fraction of sp³-hybridized carbons (Fsp3) is 0.417. The summed E-state index contributed by atoms with van der Waals surface area (Å²) in [4.78, 5) is 10.8. The molecule has 92 valence electrons. The van der Waals surface area contributed by atoms with Crippen LogP contribution in [0.4, 0.5) is 8.78 Å². The van der Waals surface area contributed by atoms with Crippen LogP contribution < -0.4 is 5.32 Å². The number of nitrogens with one attached hydrogen (secondary N) is 1. The molecule has 1 aromatic carbocycles. The molecular formula is C12H13F2NO2. The van der Waals surface area contributed by atoms with E-state index in [9.17, 15) is 13.6 Å². The van der Waals surface area contributed by atoms with Crippen LogP contribution in [0.1, 0.15) is 23.6 Å². The minimum absolute atomic E-state index is 0.218. The van der Waals surface area contributed by atoms with Gasteiger partial charge in [-0.25, -0.2) is 8.78 Å². The van der Waals surface area contributed by atoms with Crippen molar-refractivity contribution in [2.45, 2.75) is 19.4 Å². The van der Waals surface area contributed by atoms with Gasteiger partial charge in [0.05, 0.1) is 5.92 Å². The van der Waals surface area contributed by atoms with Crippen molar-refractivity contribution in [3.05, 3.63) is 34.9 Å². The largest absolute Gasteiger partial charge is 0.481 e. The molecule has 1 fully saturated rings. The lowest BCUT2D eigenvalue weighted by molar-refractivity contribution is -0.141. The number of aryl methyl sites for hydroxylation is 1. The highest BCUT2D eigenvalue weighted by Gasteiger charge is 2.30. The first-order chi connectivity index (χ1) is 7.99. The van der Waals surface area contributed by atoms with Gasteiger partial charge in [-0.05, 0) is 30.5 Å². The van der Waals surface area contributed by atoms with E-state index in [0.29, 0.717) is 18.5 Å². The third-order valence-corrected chi connectivity index (χ3v) is 3.11. The number of carbonyl (C=O) groups is 1. The van der Waals surface area contributed by atoms with Crippen LogP contribution in [0.25, 0.3) is 0 Å². The van der Waals surface area contributed by atoms with E-state index in [1.54, 1.807) is 6.07 Å². The minimum atomic E-state index is -0.888. The van der Waals surface area contributed by atoms with Gasteiger partial charge in [-0.1, -0.05) is 6.07 Å². The van der Waals surface area contributed by atoms with Crippen LogP contribution in [-0.2, 0) is 4.79 Å². The number of aliphatic carboxylic acids is 1. The lowest BCUT2D eigenvalue weighted by atomic mass is 9.98. The molecule has 2 atom stereocenters. The monoisotopic (exact) mass is 241 g/mol. The van der Waals surface area contributed by atoms with Gasteiger partial charge >= 0.3 is 5.97 Å². The summed E-state index contributed by atoms with van der Waals surface area (Å²) < 4.78 is 26.3. The van der Waals surface area contributed by atoms with E-state index in [1.165, 1.54) is 6.92 Å². The molecule has 3 nitrogen and oxygen atoms in total. The zero-order valence-corrected chi connectivity index (χ0v) is 9.34. The van der Waals surface area contributed by atoms with E-state index in [4.69, 9.17) is 5.11 Å². The molecule has 0 aromatic heterocycles. The highest BCUT2D eigenvalue weighted by molar-refractivity contribution is 5.70. The van der Waals surface area contributed by atoms with Crippen LogP contribution in [0.2, 0.25) is 0 Å². The Bertz CT molecular complexity index is 439. The van der Waals surface area contributed by atoms with Gasteiger partial charge in [0, 0.05) is 12.6 Å². The summed E-state index contributed by atoms with van der Waals surface area (Å²) in [6.07, 6.45) is 0.403. The van der Waals surface area contributed by atoms with Crippen LogP contribution >= 0.6 is 0 Å². The van der Waals surface area contributed by atoms with Crippen molar-refractivity contribution in [3.8, 4) is 0 Å². The molecule has 5 heteroatoms. The van der Waals surface area contributed by atoms with E-state index < -0.39 is 23.5 Å². The summed E-state index contributed by atoms with van der Waals surface area (Å²) in [7, 11) is 0. The van der Waals surface area contributed by atoms with Gasteiger partial charge < -0.3 is 10.4 Å². The van der Waals surface area contributed by atoms with Gasteiger partial charge in [-0.2, -0.15) is 0 Å². The van der Waals surface area contributed by atoms with E-state index in [-0.39, 0.29) is 11.6 Å². The molecule has 1 aliphatic heterocycles. The zero-order chi connectivity index (χ0) is 12.6. The SMILES string of the molecule is Cc1cc(C2CC(C(=O)O)CN2)cc(F)c1F. The summed E-state index contributed by atoms with van der Waals surface area (Å²) in [5.74, 6) is -3.06. The van der Waals surface area contributed by atoms with Crippen LogP contribution in [0.5, 0.6) is 0 Å². The Morgan fingerprint density at radius 3 is 2.71 bits per heavy atom. The topological polar surface area (TPSA) is 49.3 Å². The minimum Gasteiger partial charge on any atom is -0.481 e. The lowest BCUT2D eigenvalue weighted by Crippen LogP contribution is -2.17. The molecule has 17 heavy (non-hydrogen) atoms. The van der Waals surface area contributed by atoms with Crippen molar-refractivity contribution >= 4 is 5.97 Å². The Hall–Kier alpha value is -1.49. The van der Waals surface area contributed by atoms with Gasteiger partial charge in [0.1, 0.15) is 0 Å². The summed E-state index contributed by atoms with van der Waals surface area (Å²) in [6.45, 7) is 1.85. The van der Waals surface area contributed by atoms with Gasteiger partial charge in [0.2, 0.25) is 0 Å². The highest BCUT2D eigenvalue weighted by atomic mass is 19.2. The van der Waals surface area contributed by atoms with Crippen LogP contribution in [0, 0.1) is 24.5 Å². The van der Waals surface area contributed by atoms with E-state index in [1.807, 2.05) is 0 Å². The maximum Gasteiger partial charge on any atom is 0.307 e. The molecule has 2 rings (SSSR count). The lowest BCUT2D eigenvalue weighted by Gasteiger charge is -2.12. The zero-order valence-electron chi connectivity index (χ0n) is 9.34. The fourth-order valence-corrected chi connectivity index (χ4v) is 2.13. The Kier molecular flexibility index (Phi) is 3.11. The van der Waals surface area contributed by atoms with Gasteiger partial charge in [0.25, 0.3) is 0 Å². The molecule has 0 spiro atoms. The summed E-state index contributed by atoms with van der Waals surface area (Å²) >= 11 is 0. The first-order valence-electron chi connectivity index (χ1n) is 5.40. The molecule has 2 unspecified atom stereocenters. The molecule has 0 saturated carbocycles. The van der Waals surface area contributed by atoms with E-state index in [2.05, 4.69) is 5.32 Å². The standard InChI is InChI=1S/C12H13F2NO2/c1-6-2-7(3-9(13)11(6)14)10-4-8(5-15-10)12(16)17/h2-3,8,10,15H,4-5H2,1H3,(H,16,17). The van der Waals surface area contributed by atoms with Gasteiger partial charge in [-0.15, -0.1) is 0 Å². The van der Waals surface area contributed by atoms with Gasteiger partial charge in [0.15, 0.2) is 11.6 Å². The molecule has 2 N–H and O–H groups in total. The average Bonchev–Trinajstić information content (AvgIpc) is 2.74. The fourth-order valence-electron chi connectivity index (χ4n) is 2.13. The smallest absolute Gasteiger partial charge is 0.307 e. The second-order valence-corrected chi connectivity index (χ2v) is 4.37. The molecule has 1 heterocycles. The number of halogens is 2. The molecule has 1 saturated heterocycles. The third kappa shape index (κ3) is 2.29. The molecule has 1 aromatic rings. The number of rotatable bonds is 2. The molecule has 0 aliphatic carbocycles. The second kappa shape index (κ2) is 4.41. The number of carboxylic acid groups (broad SMARTS) is 1. The molecule has 0 amide bonds. The second-order valence-electron chi connectivity index (χ2n) is 4.37.